The standard InChI is InChI=1S/C17H14ClN3O4/c18-12-2-1-3-15(9-12)20-10-11(8-16(20)22)17(23)19-13-4-6-14(7-5-13)21(24)25/h1-7,9,11H,8,10H2,(H,19,23)/t11-/m0/s1. The van der Waals surface area contributed by atoms with Crippen molar-refractivity contribution < 1.29 is 14.5 Å². The number of amides is 2. The van der Waals surface area contributed by atoms with Crippen LogP contribution < -0.4 is 10.2 Å². The third kappa shape index (κ3) is 3.77. The van der Waals surface area contributed by atoms with E-state index < -0.39 is 10.8 Å². The molecule has 0 aliphatic carbocycles. The van der Waals surface area contributed by atoms with Gasteiger partial charge in [0.1, 0.15) is 0 Å². The van der Waals surface area contributed by atoms with E-state index in [0.29, 0.717) is 16.4 Å². The van der Waals surface area contributed by atoms with Crippen LogP contribution in [0, 0.1) is 16.0 Å². The number of hydrogen-bond donors (Lipinski definition) is 1. The van der Waals surface area contributed by atoms with Crippen molar-refractivity contribution in [3.8, 4) is 0 Å². The van der Waals surface area contributed by atoms with Crippen molar-refractivity contribution in [3.63, 3.8) is 0 Å². The minimum absolute atomic E-state index is 0.0545. The smallest absolute Gasteiger partial charge is 0.269 e. The number of nitrogens with one attached hydrogen (secondary N) is 1. The van der Waals surface area contributed by atoms with Crippen LogP contribution in [0.4, 0.5) is 17.1 Å². The maximum absolute atomic E-state index is 12.4. The molecule has 1 aliphatic heterocycles. The van der Waals surface area contributed by atoms with E-state index in [0.717, 1.165) is 0 Å². The summed E-state index contributed by atoms with van der Waals surface area (Å²) in [4.78, 5) is 36.2. The van der Waals surface area contributed by atoms with Crippen molar-refractivity contribution in [3.05, 3.63) is 63.7 Å². The van der Waals surface area contributed by atoms with Crippen LogP contribution in [0.3, 0.4) is 0 Å². The van der Waals surface area contributed by atoms with Crippen molar-refractivity contribution in [2.24, 2.45) is 5.92 Å². The van der Waals surface area contributed by atoms with Crippen LogP contribution in [0.5, 0.6) is 0 Å². The molecule has 0 radical (unpaired) electrons. The molecule has 1 saturated heterocycles. The van der Waals surface area contributed by atoms with Gasteiger partial charge in [-0.1, -0.05) is 17.7 Å². The molecule has 2 aromatic rings. The van der Waals surface area contributed by atoms with Gasteiger partial charge in [-0.25, -0.2) is 0 Å². The Bertz CT molecular complexity index is 838. The molecule has 2 aromatic carbocycles. The fraction of sp³-hybridized carbons (Fsp3) is 0.176. The lowest BCUT2D eigenvalue weighted by atomic mass is 10.1. The number of nitro benzene ring substituents is 1. The van der Waals surface area contributed by atoms with Crippen LogP contribution in [0.25, 0.3) is 0 Å². The maximum Gasteiger partial charge on any atom is 0.269 e. The Morgan fingerprint density at radius 1 is 1.24 bits per heavy atom. The SMILES string of the molecule is O=C(Nc1ccc([N+](=O)[O-])cc1)[C@H]1CC(=O)N(c2cccc(Cl)c2)C1. The zero-order valence-electron chi connectivity index (χ0n) is 13.0. The summed E-state index contributed by atoms with van der Waals surface area (Å²) in [6.45, 7) is 0.262. The van der Waals surface area contributed by atoms with Gasteiger partial charge in [0.05, 0.1) is 10.8 Å². The highest BCUT2D eigenvalue weighted by atomic mass is 35.5. The number of anilines is 2. The molecule has 0 unspecified atom stereocenters. The zero-order valence-corrected chi connectivity index (χ0v) is 13.8. The number of rotatable bonds is 4. The van der Waals surface area contributed by atoms with E-state index in [1.807, 2.05) is 0 Å². The largest absolute Gasteiger partial charge is 0.326 e. The normalized spacial score (nSPS) is 16.8. The molecule has 25 heavy (non-hydrogen) atoms. The van der Waals surface area contributed by atoms with Crippen LogP contribution in [0.2, 0.25) is 5.02 Å². The monoisotopic (exact) mass is 359 g/mol. The Balaban J connectivity index is 1.67. The molecule has 1 atom stereocenters. The van der Waals surface area contributed by atoms with Crippen LogP contribution in [-0.2, 0) is 9.59 Å². The fourth-order valence-electron chi connectivity index (χ4n) is 2.69. The Hall–Kier alpha value is -2.93. The van der Waals surface area contributed by atoms with Crippen LogP contribution in [-0.4, -0.2) is 23.3 Å². The summed E-state index contributed by atoms with van der Waals surface area (Å²) in [6, 6.07) is 12.4. The number of carbonyl (C=O) groups is 2. The summed E-state index contributed by atoms with van der Waals surface area (Å²) in [5.41, 5.74) is 1.05. The highest BCUT2D eigenvalue weighted by Crippen LogP contribution is 2.28. The lowest BCUT2D eigenvalue weighted by molar-refractivity contribution is -0.384. The number of hydrogen-bond acceptors (Lipinski definition) is 4. The summed E-state index contributed by atoms with van der Waals surface area (Å²) >= 11 is 5.95. The molecule has 1 aliphatic rings. The summed E-state index contributed by atoms with van der Waals surface area (Å²) in [6.07, 6.45) is 0.103. The minimum Gasteiger partial charge on any atom is -0.326 e. The van der Waals surface area contributed by atoms with Gasteiger partial charge in [-0.15, -0.1) is 0 Å². The molecule has 0 bridgehead atoms. The number of non-ortho nitro benzene ring substituents is 1. The Morgan fingerprint density at radius 2 is 1.96 bits per heavy atom. The van der Waals surface area contributed by atoms with E-state index in [-0.39, 0.29) is 30.5 Å². The van der Waals surface area contributed by atoms with Gasteiger partial charge in [0.25, 0.3) is 5.69 Å². The second-order valence-electron chi connectivity index (χ2n) is 5.68. The Labute approximate surface area is 148 Å². The number of carbonyl (C=O) groups excluding carboxylic acids is 2. The third-order valence-corrected chi connectivity index (χ3v) is 4.20. The molecular formula is C17H14ClN3O4. The highest BCUT2D eigenvalue weighted by Gasteiger charge is 2.35. The minimum atomic E-state index is -0.510. The average molecular weight is 360 g/mol. The predicted molar refractivity (Wildman–Crippen MR) is 93.6 cm³/mol. The molecule has 0 spiro atoms. The van der Waals surface area contributed by atoms with Crippen LogP contribution >= 0.6 is 11.6 Å². The van der Waals surface area contributed by atoms with Gasteiger partial charge in [-0.2, -0.15) is 0 Å². The molecule has 1 fully saturated rings. The molecule has 8 heteroatoms. The number of nitro groups is 1. The second-order valence-corrected chi connectivity index (χ2v) is 6.11. The van der Waals surface area contributed by atoms with Crippen LogP contribution in [0.15, 0.2) is 48.5 Å². The lowest BCUT2D eigenvalue weighted by Gasteiger charge is -2.17. The first-order chi connectivity index (χ1) is 11.9. The quantitative estimate of drug-likeness (QED) is 0.670. The number of benzene rings is 2. The third-order valence-electron chi connectivity index (χ3n) is 3.96. The second kappa shape index (κ2) is 6.90. The first-order valence-corrected chi connectivity index (χ1v) is 7.93. The van der Waals surface area contributed by atoms with Gasteiger partial charge in [0.15, 0.2) is 0 Å². The molecule has 3 rings (SSSR count). The first-order valence-electron chi connectivity index (χ1n) is 7.55. The molecule has 1 heterocycles. The van der Waals surface area contributed by atoms with Crippen molar-refractivity contribution in [1.82, 2.24) is 0 Å². The van der Waals surface area contributed by atoms with Gasteiger partial charge < -0.3 is 10.2 Å². The number of nitrogens with zero attached hydrogens (tertiary/aromatic N) is 2. The summed E-state index contributed by atoms with van der Waals surface area (Å²) in [5.74, 6) is -0.945. The molecular weight excluding hydrogens is 346 g/mol. The predicted octanol–water partition coefficient (Wildman–Crippen LogP) is 3.24. The molecule has 128 valence electrons. The van der Waals surface area contributed by atoms with E-state index in [4.69, 9.17) is 11.6 Å². The van der Waals surface area contributed by atoms with Crippen molar-refractivity contribution in [2.75, 3.05) is 16.8 Å². The van der Waals surface area contributed by atoms with E-state index in [2.05, 4.69) is 5.32 Å². The van der Waals surface area contributed by atoms with Gasteiger partial charge in [0.2, 0.25) is 11.8 Å². The Morgan fingerprint density at radius 3 is 2.60 bits per heavy atom. The molecule has 0 saturated carbocycles. The van der Waals surface area contributed by atoms with E-state index in [1.165, 1.54) is 29.2 Å². The average Bonchev–Trinajstić information content (AvgIpc) is 2.97. The summed E-state index contributed by atoms with van der Waals surface area (Å²) in [5, 5.41) is 13.8. The van der Waals surface area contributed by atoms with Crippen molar-refractivity contribution in [2.45, 2.75) is 6.42 Å². The van der Waals surface area contributed by atoms with Crippen molar-refractivity contribution >= 4 is 40.5 Å². The van der Waals surface area contributed by atoms with E-state index >= 15 is 0 Å². The van der Waals surface area contributed by atoms with Crippen molar-refractivity contribution in [1.29, 1.82) is 0 Å². The van der Waals surface area contributed by atoms with Gasteiger partial charge in [-0.3, -0.25) is 19.7 Å². The summed E-state index contributed by atoms with van der Waals surface area (Å²) in [7, 11) is 0. The molecule has 1 N–H and O–H groups in total. The first kappa shape index (κ1) is 16.9. The Kier molecular flexibility index (Phi) is 4.67. The van der Waals surface area contributed by atoms with E-state index in [1.54, 1.807) is 24.3 Å². The topological polar surface area (TPSA) is 92.5 Å². The maximum atomic E-state index is 12.4. The highest BCUT2D eigenvalue weighted by molar-refractivity contribution is 6.31. The lowest BCUT2D eigenvalue weighted by Crippen LogP contribution is -2.28. The fourth-order valence-corrected chi connectivity index (χ4v) is 2.87. The zero-order chi connectivity index (χ0) is 18.0. The summed E-state index contributed by atoms with van der Waals surface area (Å²) < 4.78 is 0. The van der Waals surface area contributed by atoms with E-state index in [9.17, 15) is 19.7 Å². The van der Waals surface area contributed by atoms with Gasteiger partial charge in [0, 0.05) is 41.5 Å². The molecule has 7 nitrogen and oxygen atoms in total. The molecule has 0 aromatic heterocycles. The molecule has 2 amide bonds. The number of halogens is 1. The van der Waals surface area contributed by atoms with Gasteiger partial charge in [-0.05, 0) is 30.3 Å². The van der Waals surface area contributed by atoms with Crippen LogP contribution in [0.1, 0.15) is 6.42 Å². The van der Waals surface area contributed by atoms with Gasteiger partial charge >= 0.3 is 0 Å².